The highest BCUT2D eigenvalue weighted by Crippen LogP contribution is 2.24. The Bertz CT molecular complexity index is 965. The smallest absolute Gasteiger partial charge is 0.274 e. The van der Waals surface area contributed by atoms with Crippen LogP contribution in [0.25, 0.3) is 11.5 Å². The summed E-state index contributed by atoms with van der Waals surface area (Å²) in [4.78, 5) is 10.4. The minimum atomic E-state index is -0.430. The number of rotatable bonds is 9. The molecule has 3 rings (SSSR count). The van der Waals surface area contributed by atoms with Gasteiger partial charge in [-0.05, 0) is 31.0 Å². The number of benzene rings is 2. The van der Waals surface area contributed by atoms with Crippen LogP contribution in [0.1, 0.15) is 63.2 Å². The van der Waals surface area contributed by atoms with Gasteiger partial charge in [-0.25, -0.2) is 0 Å². The van der Waals surface area contributed by atoms with Gasteiger partial charge in [0, 0.05) is 29.2 Å². The number of quaternary nitrogens is 1. The fraction of sp³-hybridized carbons (Fsp3) is 0.391. The van der Waals surface area contributed by atoms with E-state index in [2.05, 4.69) is 60.6 Å². The van der Waals surface area contributed by atoms with Crippen LogP contribution in [0.4, 0.5) is 5.69 Å². The van der Waals surface area contributed by atoms with Gasteiger partial charge in [-0.2, -0.15) is 0 Å². The SMILES string of the molecule is CCCc1ccc([C@H]([NH2+][C@H](C)c2nnc(-c3ccc([N+](=O)[O-])cc3)o2)C(C)C)cc1. The minimum absolute atomic E-state index is 0.0213. The highest BCUT2D eigenvalue weighted by atomic mass is 16.6. The quantitative estimate of drug-likeness (QED) is 0.411. The van der Waals surface area contributed by atoms with Crippen LogP contribution in [0.2, 0.25) is 0 Å². The van der Waals surface area contributed by atoms with Gasteiger partial charge in [-0.3, -0.25) is 10.1 Å². The Hall–Kier alpha value is -3.06. The van der Waals surface area contributed by atoms with Crippen molar-refractivity contribution in [2.45, 2.75) is 52.6 Å². The maximum Gasteiger partial charge on any atom is 0.274 e. The lowest BCUT2D eigenvalue weighted by atomic mass is 9.94. The van der Waals surface area contributed by atoms with E-state index in [-0.39, 0.29) is 17.8 Å². The van der Waals surface area contributed by atoms with E-state index in [1.165, 1.54) is 23.3 Å². The van der Waals surface area contributed by atoms with Gasteiger partial charge in [-0.15, -0.1) is 10.2 Å². The zero-order valence-electron chi connectivity index (χ0n) is 17.9. The Balaban J connectivity index is 1.73. The number of nitro groups is 1. The average Bonchev–Trinajstić information content (AvgIpc) is 3.23. The molecule has 0 saturated carbocycles. The average molecular weight is 410 g/mol. The third-order valence-corrected chi connectivity index (χ3v) is 5.27. The second-order valence-electron chi connectivity index (χ2n) is 7.99. The summed E-state index contributed by atoms with van der Waals surface area (Å²) >= 11 is 0. The third-order valence-electron chi connectivity index (χ3n) is 5.27. The van der Waals surface area contributed by atoms with E-state index < -0.39 is 4.92 Å². The summed E-state index contributed by atoms with van der Waals surface area (Å²) in [6.07, 6.45) is 2.24. The third kappa shape index (κ3) is 5.10. The fourth-order valence-electron chi connectivity index (χ4n) is 3.57. The molecule has 2 atom stereocenters. The zero-order valence-corrected chi connectivity index (χ0v) is 17.9. The van der Waals surface area contributed by atoms with Crippen molar-refractivity contribution in [2.75, 3.05) is 0 Å². The normalized spacial score (nSPS) is 13.4. The molecule has 7 nitrogen and oxygen atoms in total. The van der Waals surface area contributed by atoms with E-state index in [1.54, 1.807) is 12.1 Å². The highest BCUT2D eigenvalue weighted by molar-refractivity contribution is 5.55. The Morgan fingerprint density at radius 2 is 1.70 bits per heavy atom. The molecule has 2 N–H and O–H groups in total. The lowest BCUT2D eigenvalue weighted by molar-refractivity contribution is -0.739. The van der Waals surface area contributed by atoms with Gasteiger partial charge in [-0.1, -0.05) is 51.5 Å². The molecule has 30 heavy (non-hydrogen) atoms. The van der Waals surface area contributed by atoms with Crippen molar-refractivity contribution in [3.63, 3.8) is 0 Å². The van der Waals surface area contributed by atoms with Gasteiger partial charge in [0.15, 0.2) is 6.04 Å². The molecule has 3 aromatic rings. The van der Waals surface area contributed by atoms with E-state index in [1.807, 2.05) is 6.92 Å². The van der Waals surface area contributed by atoms with Gasteiger partial charge in [0.05, 0.1) is 4.92 Å². The van der Waals surface area contributed by atoms with E-state index in [4.69, 9.17) is 4.42 Å². The second-order valence-corrected chi connectivity index (χ2v) is 7.99. The molecule has 0 spiro atoms. The Kier molecular flexibility index (Phi) is 6.95. The van der Waals surface area contributed by atoms with E-state index in [0.29, 0.717) is 23.3 Å². The van der Waals surface area contributed by atoms with Gasteiger partial charge in [0.2, 0.25) is 5.89 Å². The number of hydrogen-bond donors (Lipinski definition) is 1. The van der Waals surface area contributed by atoms with Gasteiger partial charge in [0.1, 0.15) is 6.04 Å². The molecule has 1 heterocycles. The summed E-state index contributed by atoms with van der Waals surface area (Å²) in [6.45, 7) is 8.66. The Morgan fingerprint density at radius 3 is 2.27 bits per heavy atom. The summed E-state index contributed by atoms with van der Waals surface area (Å²) in [5.41, 5.74) is 3.34. The molecule has 0 aliphatic carbocycles. The summed E-state index contributed by atoms with van der Waals surface area (Å²) in [7, 11) is 0. The molecule has 0 aliphatic heterocycles. The second kappa shape index (κ2) is 9.63. The molecule has 0 unspecified atom stereocenters. The summed E-state index contributed by atoms with van der Waals surface area (Å²) in [6, 6.07) is 15.2. The summed E-state index contributed by atoms with van der Waals surface area (Å²) in [5.74, 6) is 1.34. The number of aromatic nitrogens is 2. The van der Waals surface area contributed by atoms with Crippen LogP contribution in [0.3, 0.4) is 0 Å². The Morgan fingerprint density at radius 1 is 1.03 bits per heavy atom. The first-order valence-corrected chi connectivity index (χ1v) is 10.4. The van der Waals surface area contributed by atoms with Crippen molar-refractivity contribution in [3.8, 4) is 11.5 Å². The summed E-state index contributed by atoms with van der Waals surface area (Å²) in [5, 5.41) is 21.4. The van der Waals surface area contributed by atoms with Crippen LogP contribution in [-0.2, 0) is 6.42 Å². The number of nitrogens with two attached hydrogens (primary N) is 1. The fourth-order valence-corrected chi connectivity index (χ4v) is 3.57. The predicted molar refractivity (Wildman–Crippen MR) is 115 cm³/mol. The number of nitro benzene ring substituents is 1. The Labute approximate surface area is 176 Å². The molecule has 0 saturated heterocycles. The molecule has 0 radical (unpaired) electrons. The zero-order chi connectivity index (χ0) is 21.7. The van der Waals surface area contributed by atoms with Crippen molar-refractivity contribution >= 4 is 5.69 Å². The maximum atomic E-state index is 10.8. The van der Waals surface area contributed by atoms with Crippen LogP contribution in [0.5, 0.6) is 0 Å². The van der Waals surface area contributed by atoms with Crippen molar-refractivity contribution < 1.29 is 14.7 Å². The molecule has 0 amide bonds. The largest absolute Gasteiger partial charge is 0.415 e. The monoisotopic (exact) mass is 409 g/mol. The molecular weight excluding hydrogens is 380 g/mol. The van der Waals surface area contributed by atoms with Crippen molar-refractivity contribution in [3.05, 3.63) is 75.7 Å². The predicted octanol–water partition coefficient (Wildman–Crippen LogP) is 4.62. The van der Waals surface area contributed by atoms with Crippen molar-refractivity contribution in [1.29, 1.82) is 0 Å². The van der Waals surface area contributed by atoms with Crippen molar-refractivity contribution in [2.24, 2.45) is 5.92 Å². The molecule has 1 aromatic heterocycles. The van der Waals surface area contributed by atoms with E-state index in [9.17, 15) is 10.1 Å². The van der Waals surface area contributed by atoms with Crippen LogP contribution >= 0.6 is 0 Å². The number of hydrogen-bond acceptors (Lipinski definition) is 5. The van der Waals surface area contributed by atoms with Gasteiger partial charge in [0.25, 0.3) is 11.6 Å². The van der Waals surface area contributed by atoms with Crippen molar-refractivity contribution in [1.82, 2.24) is 10.2 Å². The topological polar surface area (TPSA) is 98.7 Å². The minimum Gasteiger partial charge on any atom is -0.415 e. The molecule has 0 fully saturated rings. The first-order valence-electron chi connectivity index (χ1n) is 10.4. The maximum absolute atomic E-state index is 10.8. The van der Waals surface area contributed by atoms with Gasteiger partial charge < -0.3 is 9.73 Å². The van der Waals surface area contributed by atoms with E-state index >= 15 is 0 Å². The standard InChI is InChI=1S/C23H28N4O3/c1-5-6-17-7-9-18(10-8-17)21(15(2)3)24-16(4)22-25-26-23(30-22)19-11-13-20(14-12-19)27(28)29/h7-16,21,24H,5-6H2,1-4H3/p+1/t16-,21-/m1/s1. The molecule has 0 bridgehead atoms. The number of non-ortho nitro benzene ring substituents is 1. The lowest BCUT2D eigenvalue weighted by Gasteiger charge is -2.22. The molecule has 2 aromatic carbocycles. The van der Waals surface area contributed by atoms with Crippen LogP contribution in [0, 0.1) is 16.0 Å². The number of aryl methyl sites for hydroxylation is 1. The van der Waals surface area contributed by atoms with Gasteiger partial charge >= 0.3 is 0 Å². The first-order chi connectivity index (χ1) is 14.4. The molecular formula is C23H29N4O3+. The molecule has 158 valence electrons. The highest BCUT2D eigenvalue weighted by Gasteiger charge is 2.26. The first kappa shape index (κ1) is 21.6. The van der Waals surface area contributed by atoms with Crippen LogP contribution in [0.15, 0.2) is 52.9 Å². The lowest BCUT2D eigenvalue weighted by Crippen LogP contribution is -2.86. The summed E-state index contributed by atoms with van der Waals surface area (Å²) < 4.78 is 5.88. The number of nitrogens with zero attached hydrogens (tertiary/aromatic N) is 3. The molecule has 0 aliphatic rings. The van der Waals surface area contributed by atoms with E-state index in [0.717, 1.165) is 12.8 Å². The van der Waals surface area contributed by atoms with Crippen LogP contribution < -0.4 is 5.32 Å². The molecule has 7 heteroatoms. The van der Waals surface area contributed by atoms with Crippen LogP contribution in [-0.4, -0.2) is 15.1 Å².